The maximum atomic E-state index is 12.6. The van der Waals surface area contributed by atoms with E-state index in [4.69, 9.17) is 0 Å². The van der Waals surface area contributed by atoms with Crippen molar-refractivity contribution in [1.82, 2.24) is 4.90 Å². The Hall–Kier alpha value is -1.03. The molecule has 0 fully saturated rings. The normalized spacial score (nSPS) is 19.6. The van der Waals surface area contributed by atoms with Gasteiger partial charge in [0.1, 0.15) is 0 Å². The molecular formula is C16H24F3N. The van der Waals surface area contributed by atoms with Gasteiger partial charge in [-0.05, 0) is 30.9 Å². The largest absolute Gasteiger partial charge is 0.395 e. The summed E-state index contributed by atoms with van der Waals surface area (Å²) in [6, 6.07) is 0. The van der Waals surface area contributed by atoms with Crippen molar-refractivity contribution in [3.63, 3.8) is 0 Å². The number of nitrogens with zero attached hydrogens (tertiary/aromatic N) is 1. The second-order valence-corrected chi connectivity index (χ2v) is 5.73. The molecule has 1 atom stereocenters. The SMILES string of the molecule is C=CCN(CCC(C)C)CC1=CCC(C(F)(F)F)C=C1. The van der Waals surface area contributed by atoms with Gasteiger partial charge in [0.25, 0.3) is 0 Å². The van der Waals surface area contributed by atoms with E-state index in [1.165, 1.54) is 6.08 Å². The lowest BCUT2D eigenvalue weighted by Gasteiger charge is -2.25. The van der Waals surface area contributed by atoms with Crippen LogP contribution in [0.5, 0.6) is 0 Å². The Balaban J connectivity index is 2.52. The molecule has 0 heterocycles. The quantitative estimate of drug-likeness (QED) is 0.619. The Morgan fingerprint density at radius 2 is 2.15 bits per heavy atom. The Morgan fingerprint density at radius 3 is 2.60 bits per heavy atom. The van der Waals surface area contributed by atoms with Crippen molar-refractivity contribution < 1.29 is 13.2 Å². The summed E-state index contributed by atoms with van der Waals surface area (Å²) in [5.41, 5.74) is 0.969. The van der Waals surface area contributed by atoms with Crippen LogP contribution in [0.3, 0.4) is 0 Å². The molecule has 0 aromatic rings. The van der Waals surface area contributed by atoms with Crippen LogP contribution in [0.15, 0.2) is 36.5 Å². The molecule has 0 saturated carbocycles. The van der Waals surface area contributed by atoms with Crippen LogP contribution >= 0.6 is 0 Å². The van der Waals surface area contributed by atoms with Gasteiger partial charge in [-0.1, -0.05) is 38.2 Å². The van der Waals surface area contributed by atoms with Gasteiger partial charge >= 0.3 is 6.18 Å². The molecular weight excluding hydrogens is 263 g/mol. The van der Waals surface area contributed by atoms with Crippen LogP contribution in [-0.4, -0.2) is 30.7 Å². The highest BCUT2D eigenvalue weighted by molar-refractivity contribution is 5.26. The fourth-order valence-corrected chi connectivity index (χ4v) is 2.14. The fraction of sp³-hybridized carbons (Fsp3) is 0.625. The molecule has 1 unspecified atom stereocenters. The maximum absolute atomic E-state index is 12.6. The van der Waals surface area contributed by atoms with Gasteiger partial charge in [0, 0.05) is 13.1 Å². The summed E-state index contributed by atoms with van der Waals surface area (Å²) in [6.45, 7) is 10.5. The molecule has 0 aromatic heterocycles. The average molecular weight is 287 g/mol. The van der Waals surface area contributed by atoms with E-state index in [9.17, 15) is 13.2 Å². The highest BCUT2D eigenvalue weighted by Gasteiger charge is 2.37. The van der Waals surface area contributed by atoms with E-state index in [0.717, 1.165) is 25.1 Å². The van der Waals surface area contributed by atoms with E-state index in [2.05, 4.69) is 25.3 Å². The van der Waals surface area contributed by atoms with Crippen LogP contribution in [0.4, 0.5) is 13.2 Å². The molecule has 1 aliphatic carbocycles. The molecule has 0 radical (unpaired) electrons. The molecule has 0 bridgehead atoms. The van der Waals surface area contributed by atoms with Gasteiger partial charge in [-0.15, -0.1) is 6.58 Å². The number of rotatable bonds is 7. The van der Waals surface area contributed by atoms with Gasteiger partial charge in [-0.3, -0.25) is 4.90 Å². The summed E-state index contributed by atoms with van der Waals surface area (Å²) < 4.78 is 37.7. The summed E-state index contributed by atoms with van der Waals surface area (Å²) in [7, 11) is 0. The van der Waals surface area contributed by atoms with Crippen molar-refractivity contribution >= 4 is 0 Å². The minimum absolute atomic E-state index is 0.0570. The molecule has 0 aromatic carbocycles. The molecule has 4 heteroatoms. The maximum Gasteiger partial charge on any atom is 0.395 e. The van der Waals surface area contributed by atoms with Crippen LogP contribution in [0.25, 0.3) is 0 Å². The summed E-state index contributed by atoms with van der Waals surface area (Å²) in [5, 5.41) is 0. The third-order valence-electron chi connectivity index (χ3n) is 3.41. The molecule has 0 spiro atoms. The van der Waals surface area contributed by atoms with Crippen LogP contribution in [0.2, 0.25) is 0 Å². The second kappa shape index (κ2) is 7.67. The minimum atomic E-state index is -4.13. The number of alkyl halides is 3. The van der Waals surface area contributed by atoms with Crippen LogP contribution in [-0.2, 0) is 0 Å². The van der Waals surface area contributed by atoms with Crippen molar-refractivity contribution in [2.75, 3.05) is 19.6 Å². The van der Waals surface area contributed by atoms with Gasteiger partial charge < -0.3 is 0 Å². The van der Waals surface area contributed by atoms with E-state index >= 15 is 0 Å². The zero-order valence-corrected chi connectivity index (χ0v) is 12.3. The van der Waals surface area contributed by atoms with Crippen molar-refractivity contribution in [2.24, 2.45) is 11.8 Å². The zero-order chi connectivity index (χ0) is 15.2. The third-order valence-corrected chi connectivity index (χ3v) is 3.41. The fourth-order valence-electron chi connectivity index (χ4n) is 2.14. The first kappa shape index (κ1) is 17.0. The molecule has 114 valence electrons. The number of hydrogen-bond donors (Lipinski definition) is 0. The topological polar surface area (TPSA) is 3.24 Å². The lowest BCUT2D eigenvalue weighted by atomic mass is 9.96. The van der Waals surface area contributed by atoms with Gasteiger partial charge in [0.05, 0.1) is 5.92 Å². The van der Waals surface area contributed by atoms with E-state index in [0.29, 0.717) is 12.5 Å². The highest BCUT2D eigenvalue weighted by Crippen LogP contribution is 2.33. The molecule has 0 aliphatic heterocycles. The number of allylic oxidation sites excluding steroid dienone is 2. The van der Waals surface area contributed by atoms with Crippen LogP contribution in [0.1, 0.15) is 26.7 Å². The van der Waals surface area contributed by atoms with Crippen molar-refractivity contribution in [3.05, 3.63) is 36.5 Å². The monoisotopic (exact) mass is 287 g/mol. The van der Waals surface area contributed by atoms with Crippen molar-refractivity contribution in [1.29, 1.82) is 0 Å². The number of halogens is 3. The molecule has 0 N–H and O–H groups in total. The van der Waals surface area contributed by atoms with Crippen molar-refractivity contribution in [2.45, 2.75) is 32.9 Å². The van der Waals surface area contributed by atoms with Crippen LogP contribution < -0.4 is 0 Å². The van der Waals surface area contributed by atoms with E-state index < -0.39 is 12.1 Å². The molecule has 0 amide bonds. The molecule has 1 rings (SSSR count). The Bertz CT molecular complexity index is 366. The Labute approximate surface area is 119 Å². The standard InChI is InChI=1S/C16H24F3N/c1-4-10-20(11-9-13(2)3)12-14-5-7-15(8-6-14)16(17,18)19/h4-7,13,15H,1,8-12H2,2-3H3. The lowest BCUT2D eigenvalue weighted by Crippen LogP contribution is -2.29. The predicted molar refractivity (Wildman–Crippen MR) is 77.5 cm³/mol. The summed E-state index contributed by atoms with van der Waals surface area (Å²) in [4.78, 5) is 2.22. The summed E-state index contributed by atoms with van der Waals surface area (Å²) >= 11 is 0. The smallest absolute Gasteiger partial charge is 0.295 e. The Morgan fingerprint density at radius 1 is 1.45 bits per heavy atom. The molecule has 1 nitrogen and oxygen atoms in total. The van der Waals surface area contributed by atoms with E-state index in [1.807, 2.05) is 6.08 Å². The molecule has 1 aliphatic rings. The van der Waals surface area contributed by atoms with Crippen LogP contribution in [0, 0.1) is 11.8 Å². The Kier molecular flexibility index (Phi) is 6.53. The minimum Gasteiger partial charge on any atom is -0.295 e. The first-order valence-electron chi connectivity index (χ1n) is 7.10. The average Bonchev–Trinajstić information content (AvgIpc) is 2.36. The van der Waals surface area contributed by atoms with Gasteiger partial charge in [0.15, 0.2) is 0 Å². The van der Waals surface area contributed by atoms with Crippen molar-refractivity contribution in [3.8, 4) is 0 Å². The van der Waals surface area contributed by atoms with E-state index in [-0.39, 0.29) is 6.42 Å². The predicted octanol–water partition coefficient (Wildman–Crippen LogP) is 4.59. The second-order valence-electron chi connectivity index (χ2n) is 5.73. The number of hydrogen-bond acceptors (Lipinski definition) is 1. The van der Waals surface area contributed by atoms with Gasteiger partial charge in [-0.2, -0.15) is 13.2 Å². The summed E-state index contributed by atoms with van der Waals surface area (Å²) in [6.07, 6.45) is 3.46. The first-order valence-corrected chi connectivity index (χ1v) is 7.10. The molecule has 20 heavy (non-hydrogen) atoms. The van der Waals surface area contributed by atoms with Gasteiger partial charge in [-0.25, -0.2) is 0 Å². The zero-order valence-electron chi connectivity index (χ0n) is 12.3. The van der Waals surface area contributed by atoms with Gasteiger partial charge in [0.2, 0.25) is 0 Å². The summed E-state index contributed by atoms with van der Waals surface area (Å²) in [5.74, 6) is -0.706. The van der Waals surface area contributed by atoms with E-state index in [1.54, 1.807) is 12.2 Å². The third kappa shape index (κ3) is 5.95. The molecule has 0 saturated heterocycles. The lowest BCUT2D eigenvalue weighted by molar-refractivity contribution is -0.160. The highest BCUT2D eigenvalue weighted by atomic mass is 19.4. The first-order chi connectivity index (χ1) is 9.32.